The molecule has 1 aliphatic rings. The maximum atomic E-state index is 10.4. The van der Waals surface area contributed by atoms with E-state index in [1.807, 2.05) is 30.3 Å². The fourth-order valence-corrected chi connectivity index (χ4v) is 1.50. The first-order chi connectivity index (χ1) is 7.25. The lowest BCUT2D eigenvalue weighted by molar-refractivity contribution is -0.135. The summed E-state index contributed by atoms with van der Waals surface area (Å²) in [7, 11) is 0. The van der Waals surface area contributed by atoms with Crippen molar-refractivity contribution in [2.24, 2.45) is 4.99 Å². The van der Waals surface area contributed by atoms with Crippen molar-refractivity contribution in [2.75, 3.05) is 6.61 Å². The Balaban J connectivity index is 2.09. The van der Waals surface area contributed by atoms with Crippen LogP contribution < -0.4 is 0 Å². The van der Waals surface area contributed by atoms with E-state index in [1.165, 1.54) is 0 Å². The van der Waals surface area contributed by atoms with Crippen molar-refractivity contribution >= 4 is 11.9 Å². The highest BCUT2D eigenvalue weighted by Gasteiger charge is 2.21. The minimum absolute atomic E-state index is 0.0550. The molecule has 0 spiro atoms. The topological polar surface area (TPSA) is 58.9 Å². The molecule has 1 aromatic carbocycles. The Morgan fingerprint density at radius 1 is 1.47 bits per heavy atom. The molecule has 2 rings (SSSR count). The Hall–Kier alpha value is -1.84. The van der Waals surface area contributed by atoms with Crippen LogP contribution in [0.5, 0.6) is 0 Å². The quantitative estimate of drug-likeness (QED) is 0.815. The van der Waals surface area contributed by atoms with Gasteiger partial charge >= 0.3 is 5.97 Å². The normalized spacial score (nSPS) is 19.5. The molecule has 4 heteroatoms. The van der Waals surface area contributed by atoms with Crippen molar-refractivity contribution in [3.63, 3.8) is 0 Å². The fourth-order valence-electron chi connectivity index (χ4n) is 1.50. The highest BCUT2D eigenvalue weighted by Crippen LogP contribution is 2.23. The Bertz CT molecular complexity index is 386. The van der Waals surface area contributed by atoms with Gasteiger partial charge in [0.1, 0.15) is 19.1 Å². The first-order valence-corrected chi connectivity index (χ1v) is 4.72. The smallest absolute Gasteiger partial charge is 0.312 e. The monoisotopic (exact) mass is 205 g/mol. The van der Waals surface area contributed by atoms with Gasteiger partial charge in [0.15, 0.2) is 5.90 Å². The molecule has 4 nitrogen and oxygen atoms in total. The van der Waals surface area contributed by atoms with E-state index in [-0.39, 0.29) is 12.5 Å². The molecule has 1 aromatic rings. The summed E-state index contributed by atoms with van der Waals surface area (Å²) in [5.41, 5.74) is 1.05. The van der Waals surface area contributed by atoms with Gasteiger partial charge < -0.3 is 9.84 Å². The van der Waals surface area contributed by atoms with E-state index in [1.54, 1.807) is 0 Å². The van der Waals surface area contributed by atoms with Crippen LogP contribution in [0, 0.1) is 0 Å². The third-order valence-electron chi connectivity index (χ3n) is 2.19. The van der Waals surface area contributed by atoms with E-state index in [9.17, 15) is 4.79 Å². The minimum Gasteiger partial charge on any atom is -0.481 e. The van der Waals surface area contributed by atoms with Gasteiger partial charge in [0, 0.05) is 0 Å². The van der Waals surface area contributed by atoms with Crippen molar-refractivity contribution in [3.8, 4) is 0 Å². The number of carbonyl (C=O) groups is 1. The molecule has 1 N–H and O–H groups in total. The summed E-state index contributed by atoms with van der Waals surface area (Å²) in [6, 6.07) is 9.66. The summed E-state index contributed by atoms with van der Waals surface area (Å²) < 4.78 is 5.20. The van der Waals surface area contributed by atoms with E-state index in [0.29, 0.717) is 12.5 Å². The number of carboxylic acids is 1. The molecule has 15 heavy (non-hydrogen) atoms. The zero-order valence-corrected chi connectivity index (χ0v) is 8.09. The molecule has 0 amide bonds. The molecule has 78 valence electrons. The zero-order valence-electron chi connectivity index (χ0n) is 8.09. The number of hydrogen-bond donors (Lipinski definition) is 1. The van der Waals surface area contributed by atoms with Crippen LogP contribution in [-0.4, -0.2) is 23.6 Å². The van der Waals surface area contributed by atoms with Crippen LogP contribution in [0.1, 0.15) is 18.0 Å². The highest BCUT2D eigenvalue weighted by molar-refractivity contribution is 5.94. The molecular formula is C11H11NO3. The van der Waals surface area contributed by atoms with Crippen LogP contribution in [0.2, 0.25) is 0 Å². The second kappa shape index (κ2) is 4.13. The van der Waals surface area contributed by atoms with Crippen LogP contribution in [0.15, 0.2) is 35.3 Å². The lowest BCUT2D eigenvalue weighted by Gasteiger charge is -2.03. The number of aliphatic carboxylic acids is 1. The number of nitrogens with zero attached hydrogens (tertiary/aromatic N) is 1. The standard InChI is InChI=1S/C11H11NO3/c13-11(14)6-10-12-9(7-15-10)8-4-2-1-3-5-8/h1-5,9H,6-7H2,(H,13,14). The van der Waals surface area contributed by atoms with Crippen molar-refractivity contribution in [2.45, 2.75) is 12.5 Å². The van der Waals surface area contributed by atoms with Gasteiger partial charge in [-0.05, 0) is 5.56 Å². The molecule has 1 unspecified atom stereocenters. The van der Waals surface area contributed by atoms with Gasteiger partial charge in [-0.3, -0.25) is 4.79 Å². The molecule has 0 bridgehead atoms. The third kappa shape index (κ3) is 2.34. The molecule has 1 aliphatic heterocycles. The maximum Gasteiger partial charge on any atom is 0.312 e. The number of hydrogen-bond acceptors (Lipinski definition) is 3. The predicted octanol–water partition coefficient (Wildman–Crippen LogP) is 1.63. The van der Waals surface area contributed by atoms with Gasteiger partial charge in [0.2, 0.25) is 0 Å². The van der Waals surface area contributed by atoms with Crippen LogP contribution in [0.25, 0.3) is 0 Å². The maximum absolute atomic E-state index is 10.4. The van der Waals surface area contributed by atoms with E-state index in [4.69, 9.17) is 9.84 Å². The van der Waals surface area contributed by atoms with Crippen molar-refractivity contribution in [3.05, 3.63) is 35.9 Å². The van der Waals surface area contributed by atoms with Crippen molar-refractivity contribution < 1.29 is 14.6 Å². The third-order valence-corrected chi connectivity index (χ3v) is 2.19. The molecule has 0 fully saturated rings. The minimum atomic E-state index is -0.914. The van der Waals surface area contributed by atoms with Crippen LogP contribution in [0.3, 0.4) is 0 Å². The van der Waals surface area contributed by atoms with Gasteiger partial charge in [-0.2, -0.15) is 0 Å². The zero-order chi connectivity index (χ0) is 10.7. The Kier molecular flexibility index (Phi) is 2.67. The van der Waals surface area contributed by atoms with Crippen LogP contribution in [-0.2, 0) is 9.53 Å². The molecule has 0 aliphatic carbocycles. The summed E-state index contributed by atoms with van der Waals surface area (Å²) in [6.07, 6.45) is -0.136. The summed E-state index contributed by atoms with van der Waals surface area (Å²) in [6.45, 7) is 0.437. The SMILES string of the molecule is O=C(O)CC1=NC(c2ccccc2)CO1. The lowest BCUT2D eigenvalue weighted by Crippen LogP contribution is -2.06. The van der Waals surface area contributed by atoms with Gasteiger partial charge in [-0.1, -0.05) is 30.3 Å². The average molecular weight is 205 g/mol. The molecule has 0 radical (unpaired) electrons. The van der Waals surface area contributed by atoms with Gasteiger partial charge in [-0.15, -0.1) is 0 Å². The second-order valence-corrected chi connectivity index (χ2v) is 3.33. The molecule has 1 atom stereocenters. The average Bonchev–Trinajstić information content (AvgIpc) is 2.67. The van der Waals surface area contributed by atoms with E-state index in [0.717, 1.165) is 5.56 Å². The summed E-state index contributed by atoms with van der Waals surface area (Å²) in [5, 5.41) is 8.57. The summed E-state index contributed by atoms with van der Waals surface area (Å²) in [5.74, 6) is -0.598. The van der Waals surface area contributed by atoms with E-state index in [2.05, 4.69) is 4.99 Å². The Morgan fingerprint density at radius 3 is 2.87 bits per heavy atom. The molecule has 1 heterocycles. The second-order valence-electron chi connectivity index (χ2n) is 3.33. The molecule has 0 saturated carbocycles. The van der Waals surface area contributed by atoms with E-state index >= 15 is 0 Å². The van der Waals surface area contributed by atoms with Crippen molar-refractivity contribution in [1.82, 2.24) is 0 Å². The summed E-state index contributed by atoms with van der Waals surface area (Å²) in [4.78, 5) is 14.6. The van der Waals surface area contributed by atoms with E-state index < -0.39 is 5.97 Å². The molecule has 0 saturated heterocycles. The summed E-state index contributed by atoms with van der Waals surface area (Å²) >= 11 is 0. The molecular weight excluding hydrogens is 194 g/mol. The Morgan fingerprint density at radius 2 is 2.20 bits per heavy atom. The van der Waals surface area contributed by atoms with Crippen LogP contribution in [0.4, 0.5) is 0 Å². The van der Waals surface area contributed by atoms with Gasteiger partial charge in [0.25, 0.3) is 0 Å². The first-order valence-electron chi connectivity index (χ1n) is 4.72. The highest BCUT2D eigenvalue weighted by atomic mass is 16.5. The van der Waals surface area contributed by atoms with Gasteiger partial charge in [-0.25, -0.2) is 4.99 Å². The van der Waals surface area contributed by atoms with Crippen molar-refractivity contribution in [1.29, 1.82) is 0 Å². The first kappa shape index (κ1) is 9.71. The molecule has 0 aromatic heterocycles. The predicted molar refractivity (Wildman–Crippen MR) is 54.8 cm³/mol. The lowest BCUT2D eigenvalue weighted by atomic mass is 10.1. The Labute approximate surface area is 87.2 Å². The largest absolute Gasteiger partial charge is 0.481 e. The number of benzene rings is 1. The number of ether oxygens (including phenoxy) is 1. The van der Waals surface area contributed by atoms with Crippen LogP contribution >= 0.6 is 0 Å². The number of aliphatic imine (C=N–C) groups is 1. The number of carboxylic acid groups (broad SMARTS) is 1. The number of rotatable bonds is 3. The fraction of sp³-hybridized carbons (Fsp3) is 0.273. The van der Waals surface area contributed by atoms with Gasteiger partial charge in [0.05, 0.1) is 0 Å².